The van der Waals surface area contributed by atoms with Crippen LogP contribution in [0, 0.1) is 0 Å². The molecule has 1 aliphatic heterocycles. The summed E-state index contributed by atoms with van der Waals surface area (Å²) in [5, 5.41) is 0. The molecule has 0 aromatic heterocycles. The number of hydrogen-bond donors (Lipinski definition) is 0. The van der Waals surface area contributed by atoms with E-state index in [0.29, 0.717) is 18.4 Å². The second-order valence-electron chi connectivity index (χ2n) is 5.11. The monoisotopic (exact) mass is 245 g/mol. The van der Waals surface area contributed by atoms with E-state index in [1.54, 1.807) is 0 Å². The maximum Gasteiger partial charge on any atom is 0.223 e. The minimum atomic E-state index is 0.320. The van der Waals surface area contributed by atoms with E-state index in [1.165, 1.54) is 24.8 Å². The number of rotatable bonds is 6. The molecule has 1 unspecified atom stereocenters. The minimum absolute atomic E-state index is 0.320. The summed E-state index contributed by atoms with van der Waals surface area (Å²) < 4.78 is 0. The summed E-state index contributed by atoms with van der Waals surface area (Å²) in [6, 6.07) is 10.8. The smallest absolute Gasteiger partial charge is 0.223 e. The Hall–Kier alpha value is -1.31. The highest BCUT2D eigenvalue weighted by Crippen LogP contribution is 2.32. The Bertz CT molecular complexity index is 374. The largest absolute Gasteiger partial charge is 0.336 e. The minimum Gasteiger partial charge on any atom is -0.336 e. The van der Waals surface area contributed by atoms with Crippen molar-refractivity contribution in [3.8, 4) is 0 Å². The molecular formula is C16H23NO. The van der Waals surface area contributed by atoms with Crippen LogP contribution in [0.3, 0.4) is 0 Å². The van der Waals surface area contributed by atoms with Gasteiger partial charge in [0.1, 0.15) is 0 Å². The third kappa shape index (κ3) is 3.12. The Morgan fingerprint density at radius 2 is 1.94 bits per heavy atom. The summed E-state index contributed by atoms with van der Waals surface area (Å²) in [6.45, 7) is 3.15. The molecule has 1 aromatic carbocycles. The summed E-state index contributed by atoms with van der Waals surface area (Å²) in [5.74, 6) is 0.334. The molecule has 1 aliphatic rings. The third-order valence-electron chi connectivity index (χ3n) is 3.77. The molecule has 0 spiro atoms. The Morgan fingerprint density at radius 3 is 2.67 bits per heavy atom. The number of hydrogen-bond acceptors (Lipinski definition) is 1. The molecule has 2 heteroatoms. The van der Waals surface area contributed by atoms with Crippen LogP contribution in [-0.2, 0) is 4.79 Å². The predicted molar refractivity (Wildman–Crippen MR) is 74.3 cm³/mol. The molecule has 2 nitrogen and oxygen atoms in total. The van der Waals surface area contributed by atoms with Gasteiger partial charge in [-0.2, -0.15) is 0 Å². The zero-order valence-corrected chi connectivity index (χ0v) is 11.3. The van der Waals surface area contributed by atoms with Gasteiger partial charge in [-0.15, -0.1) is 0 Å². The Kier molecular flexibility index (Phi) is 4.80. The van der Waals surface area contributed by atoms with Gasteiger partial charge >= 0.3 is 0 Å². The first-order chi connectivity index (χ1) is 8.83. The zero-order valence-electron chi connectivity index (χ0n) is 11.3. The molecule has 1 aromatic rings. The Morgan fingerprint density at radius 1 is 1.17 bits per heavy atom. The van der Waals surface area contributed by atoms with Crippen LogP contribution in [0.25, 0.3) is 0 Å². The van der Waals surface area contributed by atoms with Crippen LogP contribution in [0.4, 0.5) is 0 Å². The van der Waals surface area contributed by atoms with Gasteiger partial charge in [0.15, 0.2) is 0 Å². The molecule has 0 saturated carbocycles. The second-order valence-corrected chi connectivity index (χ2v) is 5.11. The normalized spacial score (nSPS) is 19.5. The maximum absolute atomic E-state index is 11.9. The molecule has 0 aliphatic carbocycles. The Labute approximate surface area is 110 Å². The number of amides is 1. The van der Waals surface area contributed by atoms with E-state index >= 15 is 0 Å². The number of likely N-dealkylation sites (tertiary alicyclic amines) is 1. The van der Waals surface area contributed by atoms with Crippen molar-refractivity contribution in [3.63, 3.8) is 0 Å². The summed E-state index contributed by atoms with van der Waals surface area (Å²) in [5.41, 5.74) is 1.29. The highest BCUT2D eigenvalue weighted by molar-refractivity contribution is 5.79. The number of carbonyl (C=O) groups excluding carboxylic acids is 1. The van der Waals surface area contributed by atoms with Gasteiger partial charge in [-0.05, 0) is 18.4 Å². The average molecular weight is 245 g/mol. The number of benzene rings is 1. The van der Waals surface area contributed by atoms with Crippen molar-refractivity contribution in [1.29, 1.82) is 0 Å². The van der Waals surface area contributed by atoms with Gasteiger partial charge < -0.3 is 4.90 Å². The van der Waals surface area contributed by atoms with Gasteiger partial charge in [-0.1, -0.05) is 56.5 Å². The molecule has 2 rings (SSSR count). The fourth-order valence-corrected chi connectivity index (χ4v) is 2.74. The number of nitrogens with zero attached hydrogens (tertiary/aromatic N) is 1. The van der Waals surface area contributed by atoms with Gasteiger partial charge in [0.2, 0.25) is 5.91 Å². The molecule has 1 saturated heterocycles. The van der Waals surface area contributed by atoms with Gasteiger partial charge in [0.05, 0.1) is 6.04 Å². The van der Waals surface area contributed by atoms with Gasteiger partial charge in [0.25, 0.3) is 0 Å². The SMILES string of the molecule is CCCCCCN1C(=O)CCC1c1ccccc1. The van der Waals surface area contributed by atoms with Crippen LogP contribution >= 0.6 is 0 Å². The van der Waals surface area contributed by atoms with Crippen molar-refractivity contribution in [2.45, 2.75) is 51.5 Å². The van der Waals surface area contributed by atoms with Crippen LogP contribution < -0.4 is 0 Å². The molecule has 1 fully saturated rings. The lowest BCUT2D eigenvalue weighted by atomic mass is 10.0. The molecular weight excluding hydrogens is 222 g/mol. The first kappa shape index (κ1) is 13.1. The van der Waals surface area contributed by atoms with Crippen LogP contribution in [0.2, 0.25) is 0 Å². The maximum atomic E-state index is 11.9. The van der Waals surface area contributed by atoms with Gasteiger partial charge in [-0.25, -0.2) is 0 Å². The van der Waals surface area contributed by atoms with Crippen molar-refractivity contribution in [3.05, 3.63) is 35.9 Å². The second kappa shape index (κ2) is 6.58. The topological polar surface area (TPSA) is 20.3 Å². The Balaban J connectivity index is 1.95. The van der Waals surface area contributed by atoms with Crippen LogP contribution in [0.5, 0.6) is 0 Å². The van der Waals surface area contributed by atoms with E-state index in [1.807, 2.05) is 6.07 Å². The third-order valence-corrected chi connectivity index (χ3v) is 3.77. The van der Waals surface area contributed by atoms with Crippen molar-refractivity contribution >= 4 is 5.91 Å². The summed E-state index contributed by atoms with van der Waals surface area (Å²) in [6.07, 6.45) is 6.60. The lowest BCUT2D eigenvalue weighted by Gasteiger charge is -2.25. The molecule has 1 atom stereocenters. The summed E-state index contributed by atoms with van der Waals surface area (Å²) >= 11 is 0. The van der Waals surface area contributed by atoms with Crippen molar-refractivity contribution < 1.29 is 4.79 Å². The number of carbonyl (C=O) groups is 1. The molecule has 18 heavy (non-hydrogen) atoms. The van der Waals surface area contributed by atoms with Crippen LogP contribution in [0.15, 0.2) is 30.3 Å². The molecule has 0 N–H and O–H groups in total. The fourth-order valence-electron chi connectivity index (χ4n) is 2.74. The van der Waals surface area contributed by atoms with E-state index in [-0.39, 0.29) is 0 Å². The van der Waals surface area contributed by atoms with E-state index in [0.717, 1.165) is 19.4 Å². The molecule has 98 valence electrons. The molecule has 1 amide bonds. The molecule has 1 heterocycles. The highest BCUT2D eigenvalue weighted by Gasteiger charge is 2.31. The standard InChI is InChI=1S/C16H23NO/c1-2-3-4-8-13-17-15(11-12-16(17)18)14-9-6-5-7-10-14/h5-7,9-10,15H,2-4,8,11-13H2,1H3. The van der Waals surface area contributed by atoms with E-state index < -0.39 is 0 Å². The zero-order chi connectivity index (χ0) is 12.8. The highest BCUT2D eigenvalue weighted by atomic mass is 16.2. The van der Waals surface area contributed by atoms with Crippen molar-refractivity contribution in [2.75, 3.05) is 6.54 Å². The first-order valence-electron chi connectivity index (χ1n) is 7.17. The number of unbranched alkanes of at least 4 members (excludes halogenated alkanes) is 3. The average Bonchev–Trinajstić information content (AvgIpc) is 2.77. The van der Waals surface area contributed by atoms with Crippen molar-refractivity contribution in [1.82, 2.24) is 4.90 Å². The van der Waals surface area contributed by atoms with Crippen LogP contribution in [0.1, 0.15) is 57.1 Å². The summed E-state index contributed by atoms with van der Waals surface area (Å²) in [4.78, 5) is 14.0. The van der Waals surface area contributed by atoms with Gasteiger partial charge in [0, 0.05) is 13.0 Å². The predicted octanol–water partition coefficient (Wildman–Crippen LogP) is 3.93. The van der Waals surface area contributed by atoms with Gasteiger partial charge in [-0.3, -0.25) is 4.79 Å². The quantitative estimate of drug-likeness (QED) is 0.695. The lowest BCUT2D eigenvalue weighted by Crippen LogP contribution is -2.28. The summed E-state index contributed by atoms with van der Waals surface area (Å²) in [7, 11) is 0. The van der Waals surface area contributed by atoms with E-state index in [2.05, 4.69) is 36.1 Å². The molecule has 0 radical (unpaired) electrons. The van der Waals surface area contributed by atoms with E-state index in [9.17, 15) is 4.79 Å². The molecule has 0 bridgehead atoms. The lowest BCUT2D eigenvalue weighted by molar-refractivity contribution is -0.129. The fraction of sp³-hybridized carbons (Fsp3) is 0.562. The van der Waals surface area contributed by atoms with Crippen LogP contribution in [-0.4, -0.2) is 17.4 Å². The van der Waals surface area contributed by atoms with E-state index in [4.69, 9.17) is 0 Å². The first-order valence-corrected chi connectivity index (χ1v) is 7.17. The van der Waals surface area contributed by atoms with Crippen molar-refractivity contribution in [2.24, 2.45) is 0 Å².